The monoisotopic (exact) mass is 407 g/mol. The molecule has 140 valence electrons. The van der Waals surface area contributed by atoms with Crippen LogP contribution in [0.5, 0.6) is 0 Å². The number of carbonyl (C=O) groups excluding carboxylic acids is 1. The van der Waals surface area contributed by atoms with Crippen molar-refractivity contribution in [3.05, 3.63) is 83.4 Å². The summed E-state index contributed by atoms with van der Waals surface area (Å²) in [6.07, 6.45) is 0.783. The van der Waals surface area contributed by atoms with Crippen LogP contribution >= 0.6 is 22.9 Å². The Morgan fingerprint density at radius 3 is 2.57 bits per heavy atom. The number of amides is 2. The third-order valence-corrected chi connectivity index (χ3v) is 5.68. The van der Waals surface area contributed by atoms with Gasteiger partial charge in [0.05, 0.1) is 15.2 Å². The molecule has 1 heterocycles. The summed E-state index contributed by atoms with van der Waals surface area (Å²) < 4.78 is 1.12. The van der Waals surface area contributed by atoms with Crippen molar-refractivity contribution in [3.63, 3.8) is 0 Å². The second kappa shape index (κ2) is 8.42. The quantitative estimate of drug-likeness (QED) is 0.427. The standard InChI is InChI=1S/C22H18ClN3OS/c23-18-14-16(25-22(27)24-13-12-15-6-2-1-3-7-15)10-11-17(18)21-26-19-8-4-5-9-20(19)28-21/h1-11,14H,12-13H2,(H2,24,25,27). The highest BCUT2D eigenvalue weighted by molar-refractivity contribution is 7.21. The van der Waals surface area contributed by atoms with Gasteiger partial charge in [0.15, 0.2) is 0 Å². The van der Waals surface area contributed by atoms with Crippen LogP contribution < -0.4 is 10.6 Å². The van der Waals surface area contributed by atoms with Crippen LogP contribution in [0.2, 0.25) is 5.02 Å². The van der Waals surface area contributed by atoms with Gasteiger partial charge in [-0.05, 0) is 42.3 Å². The van der Waals surface area contributed by atoms with E-state index in [0.717, 1.165) is 27.2 Å². The van der Waals surface area contributed by atoms with Gasteiger partial charge in [-0.3, -0.25) is 0 Å². The van der Waals surface area contributed by atoms with Crippen LogP contribution in [-0.4, -0.2) is 17.6 Å². The number of fused-ring (bicyclic) bond motifs is 1. The number of hydrogen-bond acceptors (Lipinski definition) is 3. The molecule has 1 aromatic heterocycles. The van der Waals surface area contributed by atoms with Crippen molar-refractivity contribution in [2.75, 3.05) is 11.9 Å². The highest BCUT2D eigenvalue weighted by Gasteiger charge is 2.11. The van der Waals surface area contributed by atoms with E-state index in [-0.39, 0.29) is 6.03 Å². The molecule has 0 saturated heterocycles. The van der Waals surface area contributed by atoms with Crippen molar-refractivity contribution in [2.45, 2.75) is 6.42 Å². The van der Waals surface area contributed by atoms with E-state index in [9.17, 15) is 4.79 Å². The van der Waals surface area contributed by atoms with Crippen LogP contribution in [0.4, 0.5) is 10.5 Å². The Bertz CT molecular complexity index is 1080. The molecule has 0 unspecified atom stereocenters. The lowest BCUT2D eigenvalue weighted by molar-refractivity contribution is 0.252. The topological polar surface area (TPSA) is 54.0 Å². The van der Waals surface area contributed by atoms with Gasteiger partial charge >= 0.3 is 6.03 Å². The molecule has 0 spiro atoms. The Kier molecular flexibility index (Phi) is 5.55. The van der Waals surface area contributed by atoms with Crippen molar-refractivity contribution < 1.29 is 4.79 Å². The number of aromatic nitrogens is 1. The lowest BCUT2D eigenvalue weighted by Crippen LogP contribution is -2.30. The Balaban J connectivity index is 1.39. The van der Waals surface area contributed by atoms with E-state index in [1.165, 1.54) is 5.56 Å². The van der Waals surface area contributed by atoms with E-state index in [2.05, 4.69) is 15.6 Å². The Morgan fingerprint density at radius 2 is 1.79 bits per heavy atom. The molecule has 0 saturated carbocycles. The summed E-state index contributed by atoms with van der Waals surface area (Å²) in [5.74, 6) is 0. The van der Waals surface area contributed by atoms with Crippen molar-refractivity contribution in [3.8, 4) is 10.6 Å². The first-order chi connectivity index (χ1) is 13.7. The number of urea groups is 1. The van der Waals surface area contributed by atoms with Gasteiger partial charge in [0.2, 0.25) is 0 Å². The van der Waals surface area contributed by atoms with E-state index < -0.39 is 0 Å². The van der Waals surface area contributed by atoms with Gasteiger partial charge in [0.25, 0.3) is 0 Å². The Hall–Kier alpha value is -2.89. The predicted octanol–water partition coefficient (Wildman–Crippen LogP) is 5.98. The van der Waals surface area contributed by atoms with E-state index in [1.54, 1.807) is 17.4 Å². The highest BCUT2D eigenvalue weighted by Crippen LogP contribution is 2.35. The molecule has 0 aliphatic carbocycles. The molecule has 3 aromatic carbocycles. The third-order valence-electron chi connectivity index (χ3n) is 4.29. The number of rotatable bonds is 5. The van der Waals surface area contributed by atoms with Crippen LogP contribution in [0.25, 0.3) is 20.8 Å². The van der Waals surface area contributed by atoms with E-state index in [1.807, 2.05) is 66.7 Å². The molecule has 0 aliphatic heterocycles. The zero-order valence-electron chi connectivity index (χ0n) is 15.0. The Morgan fingerprint density at radius 1 is 1.00 bits per heavy atom. The molecule has 0 aliphatic rings. The maximum Gasteiger partial charge on any atom is 0.319 e. The largest absolute Gasteiger partial charge is 0.338 e. The number of thiazole rings is 1. The number of halogens is 1. The van der Waals surface area contributed by atoms with Crippen LogP contribution in [-0.2, 0) is 6.42 Å². The smallest absolute Gasteiger partial charge is 0.319 e. The van der Waals surface area contributed by atoms with Gasteiger partial charge in [0, 0.05) is 17.8 Å². The highest BCUT2D eigenvalue weighted by atomic mass is 35.5. The number of para-hydroxylation sites is 1. The summed E-state index contributed by atoms with van der Waals surface area (Å²) in [5, 5.41) is 7.10. The van der Waals surface area contributed by atoms with E-state index in [0.29, 0.717) is 17.3 Å². The SMILES string of the molecule is O=C(NCCc1ccccc1)Nc1ccc(-c2nc3ccccc3s2)c(Cl)c1. The molecule has 4 aromatic rings. The molecular weight excluding hydrogens is 390 g/mol. The summed E-state index contributed by atoms with van der Waals surface area (Å²) in [7, 11) is 0. The number of nitrogens with one attached hydrogen (secondary N) is 2. The molecular formula is C22H18ClN3OS. The second-order valence-electron chi connectivity index (χ2n) is 6.30. The molecule has 6 heteroatoms. The molecule has 0 fully saturated rings. The van der Waals surface area contributed by atoms with Crippen molar-refractivity contribution in [2.24, 2.45) is 0 Å². The minimum absolute atomic E-state index is 0.250. The molecule has 0 bridgehead atoms. The fourth-order valence-corrected chi connectivity index (χ4v) is 4.23. The molecule has 4 nitrogen and oxygen atoms in total. The first-order valence-corrected chi connectivity index (χ1v) is 10.1. The third kappa shape index (κ3) is 4.32. The van der Waals surface area contributed by atoms with Crippen LogP contribution in [0.3, 0.4) is 0 Å². The molecule has 0 atom stereocenters. The minimum Gasteiger partial charge on any atom is -0.338 e. The number of hydrogen-bond donors (Lipinski definition) is 2. The van der Waals surface area contributed by atoms with Gasteiger partial charge in [-0.25, -0.2) is 9.78 Å². The Labute approximate surface area is 172 Å². The van der Waals surface area contributed by atoms with Crippen molar-refractivity contribution in [1.82, 2.24) is 10.3 Å². The van der Waals surface area contributed by atoms with Crippen LogP contribution in [0.15, 0.2) is 72.8 Å². The zero-order chi connectivity index (χ0) is 19.3. The van der Waals surface area contributed by atoms with E-state index in [4.69, 9.17) is 11.6 Å². The molecule has 2 N–H and O–H groups in total. The van der Waals surface area contributed by atoms with Crippen molar-refractivity contribution in [1.29, 1.82) is 0 Å². The lowest BCUT2D eigenvalue weighted by atomic mass is 10.1. The average molecular weight is 408 g/mol. The summed E-state index contributed by atoms with van der Waals surface area (Å²) in [4.78, 5) is 16.7. The lowest BCUT2D eigenvalue weighted by Gasteiger charge is -2.09. The first-order valence-electron chi connectivity index (χ1n) is 8.93. The zero-order valence-corrected chi connectivity index (χ0v) is 16.6. The normalized spacial score (nSPS) is 10.8. The predicted molar refractivity (Wildman–Crippen MR) is 117 cm³/mol. The number of nitrogens with zero attached hydrogens (tertiary/aromatic N) is 1. The second-order valence-corrected chi connectivity index (χ2v) is 7.74. The van der Waals surface area contributed by atoms with E-state index >= 15 is 0 Å². The molecule has 28 heavy (non-hydrogen) atoms. The average Bonchev–Trinajstić information content (AvgIpc) is 3.13. The van der Waals surface area contributed by atoms with Gasteiger partial charge in [0.1, 0.15) is 5.01 Å². The maximum absolute atomic E-state index is 12.1. The minimum atomic E-state index is -0.250. The van der Waals surface area contributed by atoms with Crippen LogP contribution in [0, 0.1) is 0 Å². The fourth-order valence-electron chi connectivity index (χ4n) is 2.89. The first kappa shape index (κ1) is 18.5. The summed E-state index contributed by atoms with van der Waals surface area (Å²) in [6.45, 7) is 0.563. The molecule has 2 amide bonds. The number of anilines is 1. The molecule has 4 rings (SSSR count). The van der Waals surface area contributed by atoms with Gasteiger partial charge in [-0.2, -0.15) is 0 Å². The molecule has 0 radical (unpaired) electrons. The van der Waals surface area contributed by atoms with Gasteiger partial charge in [-0.15, -0.1) is 11.3 Å². The van der Waals surface area contributed by atoms with Crippen molar-refractivity contribution >= 4 is 44.9 Å². The fraction of sp³-hybridized carbons (Fsp3) is 0.0909. The van der Waals surface area contributed by atoms with Gasteiger partial charge in [-0.1, -0.05) is 54.1 Å². The van der Waals surface area contributed by atoms with Crippen LogP contribution in [0.1, 0.15) is 5.56 Å². The number of carbonyl (C=O) groups is 1. The summed E-state index contributed by atoms with van der Waals surface area (Å²) >= 11 is 8.05. The van der Waals surface area contributed by atoms with Gasteiger partial charge < -0.3 is 10.6 Å². The number of benzene rings is 3. The summed E-state index contributed by atoms with van der Waals surface area (Å²) in [6, 6.07) is 23.3. The summed E-state index contributed by atoms with van der Waals surface area (Å²) in [5.41, 5.74) is 3.65. The maximum atomic E-state index is 12.1.